The number of nitrogens with zero attached hydrogens (tertiary/aromatic N) is 1. The summed E-state index contributed by atoms with van der Waals surface area (Å²) < 4.78 is 15.7. The van der Waals surface area contributed by atoms with E-state index in [-0.39, 0.29) is 17.8 Å². The molecule has 0 saturated heterocycles. The molecular weight excluding hydrogens is 447 g/mol. The first-order valence-corrected chi connectivity index (χ1v) is 13.0. The molecule has 3 aromatic carbocycles. The Balaban J connectivity index is 1.64. The lowest BCUT2D eigenvalue weighted by atomic mass is 9.93. The summed E-state index contributed by atoms with van der Waals surface area (Å²) in [5.74, 6) is 0.192. The number of benzene rings is 3. The van der Waals surface area contributed by atoms with Gasteiger partial charge in [-0.3, -0.25) is 4.79 Å². The maximum Gasteiger partial charge on any atom is 0.252 e. The number of amides is 1. The Morgan fingerprint density at radius 2 is 1.72 bits per heavy atom. The van der Waals surface area contributed by atoms with Crippen molar-refractivity contribution in [2.24, 2.45) is 5.92 Å². The van der Waals surface area contributed by atoms with Crippen LogP contribution in [0, 0.1) is 25.6 Å². The number of rotatable bonds is 9. The second kappa shape index (κ2) is 11.1. The second-order valence-electron chi connectivity index (χ2n) is 10.5. The summed E-state index contributed by atoms with van der Waals surface area (Å²) in [5, 5.41) is 4.24. The smallest absolute Gasteiger partial charge is 0.252 e. The zero-order valence-corrected chi connectivity index (χ0v) is 22.1. The van der Waals surface area contributed by atoms with E-state index in [4.69, 9.17) is 0 Å². The molecule has 0 aliphatic heterocycles. The maximum absolute atomic E-state index is 13.7. The molecular formula is C32H37FN2O. The molecule has 1 amide bonds. The molecule has 0 bridgehead atoms. The van der Waals surface area contributed by atoms with E-state index in [1.807, 2.05) is 24.4 Å². The molecule has 1 heterocycles. The predicted octanol–water partition coefficient (Wildman–Crippen LogP) is 7.92. The summed E-state index contributed by atoms with van der Waals surface area (Å²) in [5.41, 5.74) is 7.42. The Kier molecular flexibility index (Phi) is 7.93. The molecule has 3 nitrogen and oxygen atoms in total. The van der Waals surface area contributed by atoms with Crippen LogP contribution < -0.4 is 5.32 Å². The van der Waals surface area contributed by atoms with Gasteiger partial charge < -0.3 is 9.88 Å². The number of aryl methyl sites for hydroxylation is 3. The van der Waals surface area contributed by atoms with Gasteiger partial charge in [0.25, 0.3) is 5.91 Å². The molecule has 1 aromatic heterocycles. The van der Waals surface area contributed by atoms with Crippen LogP contribution in [0.25, 0.3) is 10.9 Å². The highest BCUT2D eigenvalue weighted by Crippen LogP contribution is 2.26. The van der Waals surface area contributed by atoms with Crippen LogP contribution in [0.15, 0.2) is 66.9 Å². The number of carbonyl (C=O) groups excluding carboxylic acids is 1. The van der Waals surface area contributed by atoms with E-state index in [1.165, 1.54) is 17.2 Å². The van der Waals surface area contributed by atoms with Crippen LogP contribution in [0.5, 0.6) is 0 Å². The Hall–Kier alpha value is -3.40. The second-order valence-corrected chi connectivity index (χ2v) is 10.5. The van der Waals surface area contributed by atoms with Gasteiger partial charge in [0.05, 0.1) is 6.04 Å². The first-order chi connectivity index (χ1) is 17.2. The van der Waals surface area contributed by atoms with Crippen molar-refractivity contribution < 1.29 is 9.18 Å². The van der Waals surface area contributed by atoms with Gasteiger partial charge in [-0.2, -0.15) is 0 Å². The zero-order chi connectivity index (χ0) is 25.8. The fourth-order valence-corrected chi connectivity index (χ4v) is 5.12. The van der Waals surface area contributed by atoms with E-state index in [1.54, 1.807) is 6.07 Å². The fraction of sp³-hybridized carbons (Fsp3) is 0.344. The molecule has 4 rings (SSSR count). The summed E-state index contributed by atoms with van der Waals surface area (Å²) in [6, 6.07) is 19.5. The van der Waals surface area contributed by atoms with E-state index in [0.717, 1.165) is 52.4 Å². The summed E-state index contributed by atoms with van der Waals surface area (Å²) >= 11 is 0. The van der Waals surface area contributed by atoms with Crippen LogP contribution in [0.4, 0.5) is 4.39 Å². The lowest BCUT2D eigenvalue weighted by Crippen LogP contribution is -2.30. The zero-order valence-electron chi connectivity index (χ0n) is 22.1. The Bertz CT molecular complexity index is 1350. The molecule has 0 fully saturated rings. The highest BCUT2D eigenvalue weighted by Gasteiger charge is 2.20. The van der Waals surface area contributed by atoms with Crippen molar-refractivity contribution in [2.75, 3.05) is 0 Å². The summed E-state index contributed by atoms with van der Waals surface area (Å²) in [6.07, 6.45) is 4.68. The Morgan fingerprint density at radius 1 is 0.972 bits per heavy atom. The average Bonchev–Trinajstić information content (AvgIpc) is 3.20. The Labute approximate surface area is 214 Å². The highest BCUT2D eigenvalue weighted by molar-refractivity contribution is 5.96. The molecule has 0 aliphatic rings. The van der Waals surface area contributed by atoms with Gasteiger partial charge in [0.15, 0.2) is 0 Å². The number of fused-ring (bicyclic) bond motifs is 1. The van der Waals surface area contributed by atoms with E-state index in [0.29, 0.717) is 12.5 Å². The van der Waals surface area contributed by atoms with Gasteiger partial charge in [0.2, 0.25) is 0 Å². The van der Waals surface area contributed by atoms with E-state index in [2.05, 4.69) is 74.8 Å². The van der Waals surface area contributed by atoms with Crippen molar-refractivity contribution >= 4 is 16.8 Å². The van der Waals surface area contributed by atoms with Crippen LogP contribution in [0.1, 0.15) is 77.8 Å². The molecule has 36 heavy (non-hydrogen) atoms. The average molecular weight is 485 g/mol. The minimum atomic E-state index is -0.233. The van der Waals surface area contributed by atoms with Gasteiger partial charge in [-0.1, -0.05) is 68.7 Å². The van der Waals surface area contributed by atoms with Crippen LogP contribution in [0.2, 0.25) is 0 Å². The summed E-state index contributed by atoms with van der Waals surface area (Å²) in [4.78, 5) is 13.7. The van der Waals surface area contributed by atoms with E-state index >= 15 is 0 Å². The van der Waals surface area contributed by atoms with E-state index < -0.39 is 0 Å². The molecule has 4 heteroatoms. The lowest BCUT2D eigenvalue weighted by Gasteiger charge is -2.23. The van der Waals surface area contributed by atoms with Crippen molar-refractivity contribution in [3.8, 4) is 0 Å². The van der Waals surface area contributed by atoms with Gasteiger partial charge in [0.1, 0.15) is 5.82 Å². The van der Waals surface area contributed by atoms with Gasteiger partial charge in [-0.25, -0.2) is 4.39 Å². The monoisotopic (exact) mass is 484 g/mol. The number of hydrogen-bond donors (Lipinski definition) is 1. The number of carbonyl (C=O) groups is 1. The maximum atomic E-state index is 13.7. The fourth-order valence-electron chi connectivity index (χ4n) is 5.12. The van der Waals surface area contributed by atoms with Crippen LogP contribution in [-0.2, 0) is 13.0 Å². The minimum Gasteiger partial charge on any atom is -0.345 e. The minimum absolute atomic E-state index is 0.0236. The van der Waals surface area contributed by atoms with Gasteiger partial charge in [-0.15, -0.1) is 0 Å². The van der Waals surface area contributed by atoms with Crippen molar-refractivity contribution in [3.05, 3.63) is 106 Å². The molecule has 4 aromatic rings. The normalized spacial score (nSPS) is 12.3. The largest absolute Gasteiger partial charge is 0.345 e. The number of nitrogens with one attached hydrogen (secondary N) is 1. The van der Waals surface area contributed by atoms with Crippen LogP contribution in [-0.4, -0.2) is 10.5 Å². The summed E-state index contributed by atoms with van der Waals surface area (Å²) in [6.45, 7) is 11.3. The molecule has 0 spiro atoms. The predicted molar refractivity (Wildman–Crippen MR) is 147 cm³/mol. The number of aromatic nitrogens is 1. The van der Waals surface area contributed by atoms with Crippen LogP contribution in [0.3, 0.4) is 0 Å². The van der Waals surface area contributed by atoms with Crippen molar-refractivity contribution in [3.63, 3.8) is 0 Å². The molecule has 0 aliphatic carbocycles. The van der Waals surface area contributed by atoms with Crippen molar-refractivity contribution in [2.45, 2.75) is 66.5 Å². The molecule has 0 unspecified atom stereocenters. The third kappa shape index (κ3) is 6.04. The first-order valence-electron chi connectivity index (χ1n) is 13.0. The van der Waals surface area contributed by atoms with Gasteiger partial charge >= 0.3 is 0 Å². The topological polar surface area (TPSA) is 34.0 Å². The number of halogens is 1. The third-order valence-electron chi connectivity index (χ3n) is 6.68. The summed E-state index contributed by atoms with van der Waals surface area (Å²) in [7, 11) is 0. The SMILES string of the molecule is CCCc1ccc(Cn2ccc3cc(F)ccc32)cc1C(=O)N[C@H](CC(C)C)c1cc(C)cc(C)c1. The molecule has 1 N–H and O–H groups in total. The number of hydrogen-bond acceptors (Lipinski definition) is 1. The molecule has 1 atom stereocenters. The van der Waals surface area contributed by atoms with Crippen LogP contribution >= 0.6 is 0 Å². The standard InChI is InChI=1S/C32H37FN2O/c1-6-7-25-9-8-24(20-35-13-12-26-19-28(33)10-11-31(26)35)18-29(25)32(36)34-30(14-21(2)3)27-16-22(4)15-23(5)17-27/h8-13,15-19,21,30H,6-7,14,20H2,1-5H3,(H,34,36)/t30-/m1/s1. The molecule has 0 saturated carbocycles. The van der Waals surface area contributed by atoms with Gasteiger partial charge in [-0.05, 0) is 79.6 Å². The first kappa shape index (κ1) is 25.7. The van der Waals surface area contributed by atoms with E-state index in [9.17, 15) is 9.18 Å². The highest BCUT2D eigenvalue weighted by atomic mass is 19.1. The Morgan fingerprint density at radius 3 is 2.42 bits per heavy atom. The third-order valence-corrected chi connectivity index (χ3v) is 6.68. The molecule has 188 valence electrons. The van der Waals surface area contributed by atoms with Crippen molar-refractivity contribution in [1.29, 1.82) is 0 Å². The van der Waals surface area contributed by atoms with Crippen molar-refractivity contribution in [1.82, 2.24) is 9.88 Å². The van der Waals surface area contributed by atoms with Gasteiger partial charge in [0, 0.05) is 29.2 Å². The molecule has 0 radical (unpaired) electrons. The quantitative estimate of drug-likeness (QED) is 0.257. The lowest BCUT2D eigenvalue weighted by molar-refractivity contribution is 0.0931.